The molecule has 1 fully saturated rings. The molecule has 1 aromatic rings. The van der Waals surface area contributed by atoms with E-state index in [0.29, 0.717) is 17.0 Å². The maximum Gasteiger partial charge on any atom is 0.366 e. The number of benzene rings is 1. The largest absolute Gasteiger partial charge is 0.420 e. The van der Waals surface area contributed by atoms with E-state index in [-0.39, 0.29) is 11.6 Å². The zero-order valence-corrected chi connectivity index (χ0v) is 13.4. The van der Waals surface area contributed by atoms with Crippen molar-refractivity contribution in [3.05, 3.63) is 47.0 Å². The van der Waals surface area contributed by atoms with Crippen LogP contribution in [0.1, 0.15) is 25.8 Å². The van der Waals surface area contributed by atoms with Gasteiger partial charge in [-0.25, -0.2) is 9.59 Å². The number of ether oxygens (including phenoxy) is 1. The Morgan fingerprint density at radius 1 is 1.22 bits per heavy atom. The van der Waals surface area contributed by atoms with Crippen molar-refractivity contribution >= 4 is 23.5 Å². The third-order valence-corrected chi connectivity index (χ3v) is 4.06. The zero-order valence-electron chi connectivity index (χ0n) is 12.7. The summed E-state index contributed by atoms with van der Waals surface area (Å²) in [6.07, 6.45) is 2.60. The van der Waals surface area contributed by atoms with Crippen molar-refractivity contribution in [2.24, 2.45) is 0 Å². The van der Waals surface area contributed by atoms with E-state index in [4.69, 9.17) is 26.1 Å². The van der Waals surface area contributed by atoms with Crippen LogP contribution in [0, 0.1) is 0 Å². The molecule has 2 aliphatic rings. The van der Waals surface area contributed by atoms with Crippen LogP contribution in [0.5, 0.6) is 0 Å². The van der Waals surface area contributed by atoms with Crippen LogP contribution in [0.4, 0.5) is 0 Å². The van der Waals surface area contributed by atoms with Crippen LogP contribution in [0.25, 0.3) is 0 Å². The van der Waals surface area contributed by atoms with Crippen molar-refractivity contribution in [1.29, 1.82) is 0 Å². The van der Waals surface area contributed by atoms with Gasteiger partial charge in [0.2, 0.25) is 0 Å². The van der Waals surface area contributed by atoms with Gasteiger partial charge >= 0.3 is 11.9 Å². The van der Waals surface area contributed by atoms with E-state index in [2.05, 4.69) is 5.32 Å². The molecule has 0 amide bonds. The van der Waals surface area contributed by atoms with Crippen LogP contribution in [0.2, 0.25) is 5.02 Å². The van der Waals surface area contributed by atoms with Crippen LogP contribution in [-0.4, -0.2) is 23.5 Å². The van der Waals surface area contributed by atoms with Crippen LogP contribution in [0.15, 0.2) is 36.4 Å². The second kappa shape index (κ2) is 5.63. The molecule has 6 nitrogen and oxygen atoms in total. The Bertz CT molecular complexity index is 679. The third-order valence-electron chi connectivity index (χ3n) is 3.82. The van der Waals surface area contributed by atoms with Crippen LogP contribution in [-0.2, 0) is 29.9 Å². The Morgan fingerprint density at radius 2 is 1.91 bits per heavy atom. The van der Waals surface area contributed by atoms with Crippen LogP contribution in [0.3, 0.4) is 0 Å². The molecule has 1 saturated heterocycles. The Balaban J connectivity index is 2.04. The number of halogens is 1. The SMILES string of the molecule is CC1(C)C[C@@H]([C@]2(c3cccc(Cl)c3)OOC(=O)/C=C\C(=O)O2)N1. The first kappa shape index (κ1) is 16.0. The molecule has 0 bridgehead atoms. The highest BCUT2D eigenvalue weighted by molar-refractivity contribution is 6.30. The lowest BCUT2D eigenvalue weighted by molar-refractivity contribution is -0.415. The number of carbonyl (C=O) groups is 2. The van der Waals surface area contributed by atoms with Crippen molar-refractivity contribution in [1.82, 2.24) is 5.32 Å². The summed E-state index contributed by atoms with van der Waals surface area (Å²) in [6, 6.07) is 6.32. The van der Waals surface area contributed by atoms with Gasteiger partial charge in [0.25, 0.3) is 5.79 Å². The van der Waals surface area contributed by atoms with Gasteiger partial charge in [-0.15, -0.1) is 4.89 Å². The molecule has 2 heterocycles. The lowest BCUT2D eigenvalue weighted by Crippen LogP contribution is -2.69. The van der Waals surface area contributed by atoms with Gasteiger partial charge in [0.1, 0.15) is 0 Å². The molecule has 122 valence electrons. The molecular formula is C16H16ClNO5. The van der Waals surface area contributed by atoms with Crippen molar-refractivity contribution in [3.63, 3.8) is 0 Å². The summed E-state index contributed by atoms with van der Waals surface area (Å²) >= 11 is 6.05. The maximum absolute atomic E-state index is 12.0. The van der Waals surface area contributed by atoms with Crippen molar-refractivity contribution in [2.45, 2.75) is 37.6 Å². The minimum atomic E-state index is -1.60. The Kier molecular flexibility index (Phi) is 3.91. The predicted octanol–water partition coefficient (Wildman–Crippen LogP) is 2.22. The fourth-order valence-electron chi connectivity index (χ4n) is 2.80. The van der Waals surface area contributed by atoms with Gasteiger partial charge in [-0.05, 0) is 32.4 Å². The van der Waals surface area contributed by atoms with Crippen molar-refractivity contribution < 1.29 is 24.1 Å². The summed E-state index contributed by atoms with van der Waals surface area (Å²) in [7, 11) is 0. The summed E-state index contributed by atoms with van der Waals surface area (Å²) in [6.45, 7) is 4.01. The molecule has 2 aliphatic heterocycles. The standard InChI is InChI=1S/C16H16ClNO5/c1-15(2)9-12(18-15)16(10-4-3-5-11(17)8-10)21-13(19)6-7-14(20)22-23-16/h3-8,12,18H,9H2,1-2H3/b7-6-/t12-,16-/m0/s1. The van der Waals surface area contributed by atoms with Gasteiger partial charge in [0.05, 0.1) is 6.04 Å². The second-order valence-electron chi connectivity index (χ2n) is 6.20. The van der Waals surface area contributed by atoms with E-state index in [1.165, 1.54) is 0 Å². The molecule has 0 aliphatic carbocycles. The van der Waals surface area contributed by atoms with E-state index in [9.17, 15) is 9.59 Å². The van der Waals surface area contributed by atoms with E-state index < -0.39 is 17.7 Å². The van der Waals surface area contributed by atoms with Gasteiger partial charge < -0.3 is 10.1 Å². The molecule has 23 heavy (non-hydrogen) atoms. The Labute approximate surface area is 138 Å². The predicted molar refractivity (Wildman–Crippen MR) is 81.2 cm³/mol. The van der Waals surface area contributed by atoms with Crippen LogP contribution >= 0.6 is 11.6 Å². The Morgan fingerprint density at radius 3 is 2.57 bits per heavy atom. The van der Waals surface area contributed by atoms with Gasteiger partial charge in [-0.1, -0.05) is 23.7 Å². The van der Waals surface area contributed by atoms with Crippen molar-refractivity contribution in [2.75, 3.05) is 0 Å². The first-order valence-electron chi connectivity index (χ1n) is 7.15. The first-order chi connectivity index (χ1) is 10.8. The highest BCUT2D eigenvalue weighted by Gasteiger charge is 2.56. The summed E-state index contributed by atoms with van der Waals surface area (Å²) in [5.41, 5.74) is 0.336. The molecule has 2 atom stereocenters. The minimum absolute atomic E-state index is 0.145. The monoisotopic (exact) mass is 337 g/mol. The summed E-state index contributed by atoms with van der Waals surface area (Å²) in [4.78, 5) is 33.6. The Hall–Kier alpha value is -1.89. The molecule has 1 N–H and O–H groups in total. The van der Waals surface area contributed by atoms with Gasteiger partial charge in [-0.3, -0.25) is 4.89 Å². The highest BCUT2D eigenvalue weighted by atomic mass is 35.5. The lowest BCUT2D eigenvalue weighted by Gasteiger charge is -2.51. The van der Waals surface area contributed by atoms with E-state index in [1.807, 2.05) is 13.8 Å². The highest BCUT2D eigenvalue weighted by Crippen LogP contribution is 2.42. The molecule has 0 unspecified atom stereocenters. The quantitative estimate of drug-likeness (QED) is 0.659. The molecular weight excluding hydrogens is 322 g/mol. The molecule has 1 aromatic carbocycles. The number of rotatable bonds is 2. The molecule has 0 spiro atoms. The summed E-state index contributed by atoms with van der Waals surface area (Å²) in [5, 5.41) is 3.72. The average molecular weight is 338 g/mol. The number of esters is 1. The van der Waals surface area contributed by atoms with E-state index >= 15 is 0 Å². The molecule has 0 aromatic heterocycles. The normalized spacial score (nSPS) is 31.2. The van der Waals surface area contributed by atoms with E-state index in [1.54, 1.807) is 24.3 Å². The third kappa shape index (κ3) is 3.10. The second-order valence-corrected chi connectivity index (χ2v) is 6.64. The number of hydrogen-bond acceptors (Lipinski definition) is 6. The fraction of sp³-hybridized carbons (Fsp3) is 0.375. The van der Waals surface area contributed by atoms with Gasteiger partial charge in [-0.2, -0.15) is 0 Å². The van der Waals surface area contributed by atoms with Gasteiger partial charge in [0, 0.05) is 28.3 Å². The van der Waals surface area contributed by atoms with Crippen LogP contribution < -0.4 is 5.32 Å². The minimum Gasteiger partial charge on any atom is -0.420 e. The number of hydrogen-bond donors (Lipinski definition) is 1. The lowest BCUT2D eigenvalue weighted by atomic mass is 9.78. The molecule has 7 heteroatoms. The first-order valence-corrected chi connectivity index (χ1v) is 7.53. The molecule has 3 rings (SSSR count). The average Bonchev–Trinajstić information content (AvgIpc) is 2.45. The molecule has 0 saturated carbocycles. The molecule has 0 radical (unpaired) electrons. The zero-order chi connectivity index (χ0) is 16.7. The van der Waals surface area contributed by atoms with E-state index in [0.717, 1.165) is 12.2 Å². The number of carbonyl (C=O) groups excluding carboxylic acids is 2. The maximum atomic E-state index is 12.0. The van der Waals surface area contributed by atoms with Crippen molar-refractivity contribution in [3.8, 4) is 0 Å². The summed E-state index contributed by atoms with van der Waals surface area (Å²) < 4.78 is 5.52. The van der Waals surface area contributed by atoms with Gasteiger partial charge in [0.15, 0.2) is 0 Å². The fourth-order valence-corrected chi connectivity index (χ4v) is 2.99. The topological polar surface area (TPSA) is 73.9 Å². The smallest absolute Gasteiger partial charge is 0.366 e. The number of nitrogens with one attached hydrogen (secondary N) is 1. The number of cyclic esters (lactones) is 1. The summed E-state index contributed by atoms with van der Waals surface area (Å²) in [5.74, 6) is -3.09.